The zero-order valence-corrected chi connectivity index (χ0v) is 33.7. The Morgan fingerprint density at radius 1 is 0.533 bits per heavy atom. The summed E-state index contributed by atoms with van der Waals surface area (Å²) in [6, 6.07) is 0. The van der Waals surface area contributed by atoms with Crippen LogP contribution in [-0.2, 0) is 0 Å². The lowest BCUT2D eigenvalue weighted by Gasteiger charge is -2.28. The Morgan fingerprint density at radius 2 is 0.911 bits per heavy atom. The van der Waals surface area contributed by atoms with E-state index in [9.17, 15) is 0 Å². The van der Waals surface area contributed by atoms with Gasteiger partial charge in [0.15, 0.2) is 0 Å². The van der Waals surface area contributed by atoms with E-state index >= 15 is 0 Å². The van der Waals surface area contributed by atoms with E-state index in [0.29, 0.717) is 0 Å². The molecule has 0 aliphatic carbocycles. The van der Waals surface area contributed by atoms with Gasteiger partial charge in [0.1, 0.15) is 0 Å². The second kappa shape index (κ2) is 45.5. The lowest BCUT2D eigenvalue weighted by molar-refractivity contribution is 0.157. The van der Waals surface area contributed by atoms with Crippen LogP contribution in [0.15, 0.2) is 12.8 Å². The van der Waals surface area contributed by atoms with Gasteiger partial charge in [0.2, 0.25) is 0 Å². The van der Waals surface area contributed by atoms with E-state index < -0.39 is 0 Å². The molecule has 0 fully saturated rings. The van der Waals surface area contributed by atoms with Crippen molar-refractivity contribution >= 4 is 0 Å². The highest BCUT2D eigenvalue weighted by Gasteiger charge is 2.13. The predicted octanol–water partition coefficient (Wildman–Crippen LogP) is 10.9. The van der Waals surface area contributed by atoms with Gasteiger partial charge in [0.25, 0.3) is 0 Å². The van der Waals surface area contributed by atoms with Gasteiger partial charge in [-0.2, -0.15) is 0 Å². The number of hydrogen-bond donors (Lipinski definition) is 3. The van der Waals surface area contributed by atoms with Crippen LogP contribution in [0, 0.1) is 17.8 Å². The largest absolute Gasteiger partial charge is 0.327 e. The standard InChI is InChI=1S/C26H54N2.C8H19N.C4H11N.C2H7N/c1-6-9-11-13-15-16-18-20-22-26(5)24-28(27-8-3)23-25(4)21-19-17-14-12-10-7-2;1-5-6-8(2)7-9(3)4;1-3-4-5-2;1-3-2/h8,25-27H,3,6-7,9-24H2,1-2,4-5H3;8H,5-7H2,1-4H3;5H,3-4H2,1-2H3;3H,1-2H3. The van der Waals surface area contributed by atoms with Gasteiger partial charge in [-0.05, 0) is 85.2 Å². The minimum absolute atomic E-state index is 0.758. The van der Waals surface area contributed by atoms with Crippen LogP contribution < -0.4 is 16.1 Å². The normalized spacial score (nSPS) is 12.7. The first-order chi connectivity index (χ1) is 21.6. The lowest BCUT2D eigenvalue weighted by Crippen LogP contribution is -2.40. The lowest BCUT2D eigenvalue weighted by atomic mass is 9.99. The van der Waals surface area contributed by atoms with E-state index in [4.69, 9.17) is 0 Å². The summed E-state index contributed by atoms with van der Waals surface area (Å²) in [5.74, 6) is 2.38. The van der Waals surface area contributed by atoms with E-state index in [0.717, 1.165) is 37.4 Å². The maximum Gasteiger partial charge on any atom is 0.0204 e. The number of nitrogens with zero attached hydrogens (tertiary/aromatic N) is 2. The molecule has 0 rings (SSSR count). The summed E-state index contributed by atoms with van der Waals surface area (Å²) in [4.78, 5) is 2.25. The smallest absolute Gasteiger partial charge is 0.0204 e. The monoisotopic (exact) mass is 642 g/mol. The molecule has 0 amide bonds. The van der Waals surface area contributed by atoms with Crippen molar-refractivity contribution in [3.63, 3.8) is 0 Å². The fourth-order valence-corrected chi connectivity index (χ4v) is 5.60. The molecule has 3 atom stereocenters. The van der Waals surface area contributed by atoms with Crippen molar-refractivity contribution in [2.45, 2.75) is 170 Å². The molecule has 3 N–H and O–H groups in total. The summed E-state index contributed by atoms with van der Waals surface area (Å²) in [6.45, 7) is 24.6. The maximum absolute atomic E-state index is 3.88. The highest BCUT2D eigenvalue weighted by Crippen LogP contribution is 2.16. The molecule has 0 bridgehead atoms. The zero-order chi connectivity index (χ0) is 35.0. The van der Waals surface area contributed by atoms with Crippen LogP contribution in [-0.4, -0.2) is 71.3 Å². The summed E-state index contributed by atoms with van der Waals surface area (Å²) in [6.07, 6.45) is 28.2. The molecule has 5 heteroatoms. The van der Waals surface area contributed by atoms with E-state index in [2.05, 4.69) is 95.1 Å². The highest BCUT2D eigenvalue weighted by atomic mass is 15.5. The van der Waals surface area contributed by atoms with Crippen molar-refractivity contribution in [2.75, 3.05) is 61.4 Å². The van der Waals surface area contributed by atoms with E-state index in [1.54, 1.807) is 0 Å². The SMILES string of the molecule is C=CNN(CC(C)CCCCCCCC)CC(C)CCCCCCCCCC.CCCC(C)CN(C)C.CCCNC.CNC. The van der Waals surface area contributed by atoms with Crippen molar-refractivity contribution in [1.82, 2.24) is 26.0 Å². The molecule has 0 saturated carbocycles. The molecule has 0 aromatic heterocycles. The Bertz CT molecular complexity index is 497. The molecule has 0 aromatic rings. The Balaban J connectivity index is -0.000000401. The van der Waals surface area contributed by atoms with Crippen LogP contribution in [0.5, 0.6) is 0 Å². The second-order valence-corrected chi connectivity index (χ2v) is 14.0. The van der Waals surface area contributed by atoms with Gasteiger partial charge >= 0.3 is 0 Å². The Labute approximate surface area is 287 Å². The van der Waals surface area contributed by atoms with Gasteiger partial charge in [-0.3, -0.25) is 0 Å². The second-order valence-electron chi connectivity index (χ2n) is 14.0. The maximum atomic E-state index is 3.88. The van der Waals surface area contributed by atoms with Gasteiger partial charge in [-0.15, -0.1) is 0 Å². The molecule has 0 aliphatic heterocycles. The fraction of sp³-hybridized carbons (Fsp3) is 0.950. The molecule has 0 saturated heterocycles. The third kappa shape index (κ3) is 53.2. The van der Waals surface area contributed by atoms with Crippen LogP contribution >= 0.6 is 0 Å². The molecule has 276 valence electrons. The van der Waals surface area contributed by atoms with Gasteiger partial charge in [0.05, 0.1) is 0 Å². The van der Waals surface area contributed by atoms with E-state index in [-0.39, 0.29) is 0 Å². The predicted molar refractivity (Wildman–Crippen MR) is 210 cm³/mol. The Hall–Kier alpha value is -0.620. The Morgan fingerprint density at radius 3 is 1.20 bits per heavy atom. The fourth-order valence-electron chi connectivity index (χ4n) is 5.60. The van der Waals surface area contributed by atoms with Crippen LogP contribution in [0.2, 0.25) is 0 Å². The van der Waals surface area contributed by atoms with Crippen LogP contribution in [0.25, 0.3) is 0 Å². The third-order valence-corrected chi connectivity index (χ3v) is 7.90. The van der Waals surface area contributed by atoms with Crippen molar-refractivity contribution in [3.05, 3.63) is 12.8 Å². The Kier molecular flexibility index (Phi) is 51.8. The minimum atomic E-state index is 0.758. The zero-order valence-electron chi connectivity index (χ0n) is 33.7. The highest BCUT2D eigenvalue weighted by molar-refractivity contribution is 4.69. The number of hydrazine groups is 1. The molecule has 0 radical (unpaired) electrons. The van der Waals surface area contributed by atoms with Gasteiger partial charge in [-0.1, -0.05) is 151 Å². The topological polar surface area (TPSA) is 42.6 Å². The van der Waals surface area contributed by atoms with Gasteiger partial charge in [-0.25, -0.2) is 5.01 Å². The summed E-state index contributed by atoms with van der Waals surface area (Å²) >= 11 is 0. The molecule has 45 heavy (non-hydrogen) atoms. The van der Waals surface area contributed by atoms with Crippen LogP contribution in [0.1, 0.15) is 170 Å². The summed E-state index contributed by atoms with van der Waals surface area (Å²) in [5, 5.41) is 8.17. The average molecular weight is 642 g/mol. The van der Waals surface area contributed by atoms with Gasteiger partial charge in [0, 0.05) is 25.8 Å². The minimum Gasteiger partial charge on any atom is -0.327 e. The molecular weight excluding hydrogens is 550 g/mol. The molecule has 0 aliphatic rings. The number of nitrogens with one attached hydrogen (secondary N) is 3. The third-order valence-electron chi connectivity index (χ3n) is 7.90. The molecule has 0 aromatic carbocycles. The molecule has 0 heterocycles. The van der Waals surface area contributed by atoms with Crippen molar-refractivity contribution in [3.8, 4) is 0 Å². The number of rotatable bonds is 28. The van der Waals surface area contributed by atoms with Crippen LogP contribution in [0.3, 0.4) is 0 Å². The number of unbranched alkanes of at least 4 members (excludes halogenated alkanes) is 12. The van der Waals surface area contributed by atoms with Crippen molar-refractivity contribution in [1.29, 1.82) is 0 Å². The van der Waals surface area contributed by atoms with E-state index in [1.807, 2.05) is 27.3 Å². The van der Waals surface area contributed by atoms with Crippen LogP contribution in [0.4, 0.5) is 0 Å². The van der Waals surface area contributed by atoms with E-state index in [1.165, 1.54) is 129 Å². The number of hydrogen-bond acceptors (Lipinski definition) is 5. The summed E-state index contributed by atoms with van der Waals surface area (Å²) in [5.41, 5.74) is 3.39. The van der Waals surface area contributed by atoms with Gasteiger partial charge < -0.3 is 21.0 Å². The quantitative estimate of drug-likeness (QED) is 0.0586. The van der Waals surface area contributed by atoms with Crippen molar-refractivity contribution in [2.24, 2.45) is 17.8 Å². The first-order valence-corrected chi connectivity index (χ1v) is 19.6. The molecular formula is C40H91N5. The first kappa shape index (κ1) is 51.2. The summed E-state index contributed by atoms with van der Waals surface area (Å²) < 4.78 is 0. The molecule has 0 spiro atoms. The molecule has 3 unspecified atom stereocenters. The summed E-state index contributed by atoms with van der Waals surface area (Å²) in [7, 11) is 9.97. The van der Waals surface area contributed by atoms with Crippen molar-refractivity contribution < 1.29 is 0 Å². The molecule has 5 nitrogen and oxygen atoms in total. The average Bonchev–Trinajstić information content (AvgIpc) is 2.97. The first-order valence-electron chi connectivity index (χ1n) is 19.6.